The number of piperidine rings is 1. The second kappa shape index (κ2) is 9.60. The van der Waals surface area contributed by atoms with Crippen LogP contribution in [0.5, 0.6) is 0 Å². The van der Waals surface area contributed by atoms with Gasteiger partial charge >= 0.3 is 0 Å². The van der Waals surface area contributed by atoms with E-state index < -0.39 is 11.6 Å². The molecule has 2 aromatic heterocycles. The lowest BCUT2D eigenvalue weighted by Crippen LogP contribution is -2.29. The molecule has 5 rings (SSSR count). The van der Waals surface area contributed by atoms with Crippen molar-refractivity contribution in [2.75, 3.05) is 13.1 Å². The van der Waals surface area contributed by atoms with Gasteiger partial charge in [0.2, 0.25) is 0 Å². The minimum absolute atomic E-state index is 0.244. The molecule has 0 bridgehead atoms. The van der Waals surface area contributed by atoms with Crippen molar-refractivity contribution in [3.63, 3.8) is 0 Å². The summed E-state index contributed by atoms with van der Waals surface area (Å²) < 4.78 is 27.0. The summed E-state index contributed by atoms with van der Waals surface area (Å²) in [7, 11) is 0. The second-order valence-electron chi connectivity index (χ2n) is 8.70. The smallest absolute Gasteiger partial charge is 0.258 e. The molecule has 1 saturated heterocycles. The van der Waals surface area contributed by atoms with Crippen LogP contribution in [-0.4, -0.2) is 32.9 Å². The van der Waals surface area contributed by atoms with E-state index in [1.807, 2.05) is 6.07 Å². The average molecular weight is 481 g/mol. The first-order valence-electron chi connectivity index (χ1n) is 11.3. The Morgan fingerprint density at radius 2 is 1.76 bits per heavy atom. The molecule has 1 aliphatic rings. The third kappa shape index (κ3) is 5.00. The van der Waals surface area contributed by atoms with Gasteiger partial charge in [0.15, 0.2) is 0 Å². The van der Waals surface area contributed by atoms with E-state index in [9.17, 15) is 13.6 Å². The summed E-state index contributed by atoms with van der Waals surface area (Å²) in [5.74, 6) is -0.799. The number of halogens is 3. The lowest BCUT2D eigenvalue weighted by atomic mass is 10.1. The summed E-state index contributed by atoms with van der Waals surface area (Å²) in [6, 6.07) is 10.4. The maximum Gasteiger partial charge on any atom is 0.258 e. The highest BCUT2D eigenvalue weighted by molar-refractivity contribution is 6.32. The van der Waals surface area contributed by atoms with Gasteiger partial charge in [0.05, 0.1) is 16.6 Å². The van der Waals surface area contributed by atoms with Gasteiger partial charge in [-0.3, -0.25) is 14.7 Å². The predicted molar refractivity (Wildman–Crippen MR) is 129 cm³/mol. The first kappa shape index (κ1) is 22.6. The highest BCUT2D eigenvalue weighted by atomic mass is 35.5. The monoisotopic (exact) mass is 480 g/mol. The molecule has 0 saturated carbocycles. The van der Waals surface area contributed by atoms with E-state index in [-0.39, 0.29) is 5.56 Å². The highest BCUT2D eigenvalue weighted by Gasteiger charge is 2.15. The number of benzene rings is 2. The van der Waals surface area contributed by atoms with Gasteiger partial charge in [0.25, 0.3) is 5.56 Å². The number of nitrogens with one attached hydrogen (secondary N) is 1. The van der Waals surface area contributed by atoms with E-state index in [1.165, 1.54) is 31.4 Å². The number of hydrogen-bond acceptors (Lipinski definition) is 4. The molecule has 34 heavy (non-hydrogen) atoms. The molecule has 1 aliphatic heterocycles. The summed E-state index contributed by atoms with van der Waals surface area (Å²) in [5, 5.41) is 1.03. The molecule has 1 N–H and O–H groups in total. The maximum absolute atomic E-state index is 13.5. The van der Waals surface area contributed by atoms with Crippen LogP contribution in [0.4, 0.5) is 8.78 Å². The van der Waals surface area contributed by atoms with Crippen molar-refractivity contribution in [2.24, 2.45) is 0 Å². The van der Waals surface area contributed by atoms with Crippen LogP contribution in [0.15, 0.2) is 53.5 Å². The SMILES string of the molecule is O=c1[nH]c(Cc2ccc(-c3cc(F)cc(F)c3)nc2)nc2cc(CN3CCCCC3)c(Cl)cc12. The Morgan fingerprint density at radius 3 is 2.47 bits per heavy atom. The number of nitrogens with zero attached hydrogens (tertiary/aromatic N) is 3. The third-order valence-electron chi connectivity index (χ3n) is 6.12. The Bertz CT molecular complexity index is 1380. The fourth-order valence-electron chi connectivity index (χ4n) is 4.41. The standard InChI is InChI=1S/C26H23ClF2N4O/c27-22-13-21-24(11-18(22)15-33-6-2-1-3-7-33)31-25(32-26(21)34)8-16-4-5-23(30-14-16)17-9-19(28)12-20(29)10-17/h4-5,9-14H,1-3,6-8,15H2,(H,31,32,34). The molecule has 0 amide bonds. The number of pyridine rings is 1. The van der Waals surface area contributed by atoms with E-state index >= 15 is 0 Å². The fraction of sp³-hybridized carbons (Fsp3) is 0.269. The number of aromatic nitrogens is 3. The van der Waals surface area contributed by atoms with Crippen LogP contribution in [0.3, 0.4) is 0 Å². The van der Waals surface area contributed by atoms with Crippen molar-refractivity contribution in [1.29, 1.82) is 0 Å². The molecule has 2 aromatic carbocycles. The molecular weight excluding hydrogens is 458 g/mol. The van der Waals surface area contributed by atoms with Gasteiger partial charge in [-0.1, -0.05) is 24.1 Å². The number of hydrogen-bond donors (Lipinski definition) is 1. The molecule has 8 heteroatoms. The lowest BCUT2D eigenvalue weighted by Gasteiger charge is -2.26. The van der Waals surface area contributed by atoms with Crippen molar-refractivity contribution < 1.29 is 8.78 Å². The van der Waals surface area contributed by atoms with Crippen LogP contribution in [-0.2, 0) is 13.0 Å². The minimum atomic E-state index is -0.654. The molecule has 174 valence electrons. The topological polar surface area (TPSA) is 61.9 Å². The van der Waals surface area contributed by atoms with E-state index in [1.54, 1.807) is 24.4 Å². The van der Waals surface area contributed by atoms with Crippen LogP contribution in [0, 0.1) is 11.6 Å². The molecule has 0 atom stereocenters. The third-order valence-corrected chi connectivity index (χ3v) is 6.47. The number of aromatic amines is 1. The largest absolute Gasteiger partial charge is 0.310 e. The van der Waals surface area contributed by atoms with Crippen molar-refractivity contribution in [1.82, 2.24) is 19.9 Å². The second-order valence-corrected chi connectivity index (χ2v) is 9.10. The Morgan fingerprint density at radius 1 is 1.00 bits per heavy atom. The van der Waals surface area contributed by atoms with Crippen molar-refractivity contribution in [2.45, 2.75) is 32.2 Å². The Hall–Kier alpha value is -3.16. The first-order valence-corrected chi connectivity index (χ1v) is 11.7. The predicted octanol–water partition coefficient (Wildman–Crippen LogP) is 5.49. The van der Waals surface area contributed by atoms with Crippen molar-refractivity contribution in [3.05, 3.63) is 92.6 Å². The number of H-pyrrole nitrogens is 1. The van der Waals surface area contributed by atoms with Crippen molar-refractivity contribution >= 4 is 22.5 Å². The zero-order valence-corrected chi connectivity index (χ0v) is 19.2. The Labute approximate surface area is 200 Å². The average Bonchev–Trinajstić information content (AvgIpc) is 2.81. The van der Waals surface area contributed by atoms with Gasteiger partial charge in [0.1, 0.15) is 17.5 Å². The van der Waals surface area contributed by atoms with E-state index in [0.717, 1.165) is 36.8 Å². The molecule has 0 unspecified atom stereocenters. The van der Waals surface area contributed by atoms with Gasteiger partial charge in [-0.15, -0.1) is 0 Å². The zero-order chi connectivity index (χ0) is 23.7. The summed E-state index contributed by atoms with van der Waals surface area (Å²) in [6.45, 7) is 2.84. The minimum Gasteiger partial charge on any atom is -0.310 e. The van der Waals surface area contributed by atoms with Gasteiger partial charge < -0.3 is 4.98 Å². The summed E-state index contributed by atoms with van der Waals surface area (Å²) in [5.41, 5.74) is 2.96. The molecular formula is C26H23ClF2N4O. The van der Waals surface area contributed by atoms with E-state index in [2.05, 4.69) is 19.9 Å². The first-order chi connectivity index (χ1) is 16.4. The molecule has 5 nitrogen and oxygen atoms in total. The van der Waals surface area contributed by atoms with Crippen LogP contribution in [0.2, 0.25) is 5.02 Å². The highest BCUT2D eigenvalue weighted by Crippen LogP contribution is 2.25. The van der Waals surface area contributed by atoms with E-state index in [0.29, 0.717) is 39.4 Å². The number of fused-ring (bicyclic) bond motifs is 1. The van der Waals surface area contributed by atoms with Gasteiger partial charge in [-0.25, -0.2) is 13.8 Å². The van der Waals surface area contributed by atoms with Gasteiger partial charge in [-0.05, 0) is 67.4 Å². The van der Waals surface area contributed by atoms with Gasteiger partial charge in [-0.2, -0.15) is 0 Å². The quantitative estimate of drug-likeness (QED) is 0.410. The summed E-state index contributed by atoms with van der Waals surface area (Å²) in [6.07, 6.45) is 5.62. The summed E-state index contributed by atoms with van der Waals surface area (Å²) >= 11 is 6.49. The molecule has 3 heterocycles. The lowest BCUT2D eigenvalue weighted by molar-refractivity contribution is 0.221. The van der Waals surface area contributed by atoms with E-state index in [4.69, 9.17) is 11.6 Å². The van der Waals surface area contributed by atoms with Crippen molar-refractivity contribution in [3.8, 4) is 11.3 Å². The molecule has 0 spiro atoms. The maximum atomic E-state index is 13.5. The molecule has 4 aromatic rings. The molecule has 0 aliphatic carbocycles. The number of rotatable bonds is 5. The Kier molecular flexibility index (Phi) is 6.39. The Balaban J connectivity index is 1.40. The zero-order valence-electron chi connectivity index (χ0n) is 18.5. The number of likely N-dealkylation sites (tertiary alicyclic amines) is 1. The normalized spacial score (nSPS) is 14.6. The van der Waals surface area contributed by atoms with Crippen LogP contribution < -0.4 is 5.56 Å². The van der Waals surface area contributed by atoms with Gasteiger partial charge in [0, 0.05) is 35.8 Å². The fourth-order valence-corrected chi connectivity index (χ4v) is 4.63. The van der Waals surface area contributed by atoms with Crippen LogP contribution >= 0.6 is 11.6 Å². The van der Waals surface area contributed by atoms with Crippen LogP contribution in [0.25, 0.3) is 22.2 Å². The molecule has 0 radical (unpaired) electrons. The molecule has 1 fully saturated rings. The summed E-state index contributed by atoms with van der Waals surface area (Å²) in [4.78, 5) is 26.9. The van der Waals surface area contributed by atoms with Crippen LogP contribution in [0.1, 0.15) is 36.2 Å².